The third-order valence-electron chi connectivity index (χ3n) is 4.68. The van der Waals surface area contributed by atoms with Crippen molar-refractivity contribution in [3.05, 3.63) is 60.2 Å². The van der Waals surface area contributed by atoms with Gasteiger partial charge in [0.2, 0.25) is 15.9 Å². The molecule has 3 rings (SSSR count). The van der Waals surface area contributed by atoms with Gasteiger partial charge >= 0.3 is 0 Å². The number of sulfonamides is 1. The predicted molar refractivity (Wildman–Crippen MR) is 106 cm³/mol. The van der Waals surface area contributed by atoms with Gasteiger partial charge in [-0.3, -0.25) is 4.79 Å². The fraction of sp³-hybridized carbons (Fsp3) is 0.350. The average molecular weight is 388 g/mol. The van der Waals surface area contributed by atoms with Crippen molar-refractivity contribution in [2.45, 2.75) is 18.2 Å². The van der Waals surface area contributed by atoms with Gasteiger partial charge < -0.3 is 9.80 Å². The zero-order valence-corrected chi connectivity index (χ0v) is 16.3. The van der Waals surface area contributed by atoms with Crippen molar-refractivity contribution in [2.24, 2.45) is 0 Å². The Morgan fingerprint density at radius 2 is 1.70 bits per heavy atom. The molecule has 1 aliphatic heterocycles. The quantitative estimate of drug-likeness (QED) is 0.823. The van der Waals surface area contributed by atoms with Crippen LogP contribution in [0.3, 0.4) is 0 Å². The minimum atomic E-state index is -3.56. The molecule has 0 bridgehead atoms. The summed E-state index contributed by atoms with van der Waals surface area (Å²) in [7, 11) is -3.56. The highest BCUT2D eigenvalue weighted by Gasteiger charge is 2.22. The first-order chi connectivity index (χ1) is 13.0. The maximum absolute atomic E-state index is 12.4. The Balaban J connectivity index is 1.46. The molecule has 1 aliphatic rings. The molecule has 6 nitrogen and oxygen atoms in total. The molecule has 0 atom stereocenters. The van der Waals surface area contributed by atoms with E-state index in [9.17, 15) is 13.2 Å². The van der Waals surface area contributed by atoms with Crippen LogP contribution in [-0.4, -0.2) is 51.9 Å². The minimum absolute atomic E-state index is 0.0188. The van der Waals surface area contributed by atoms with Crippen molar-refractivity contribution in [3.63, 3.8) is 0 Å². The standard InChI is InChI=1S/C20H25N3O3S/c1-17-6-5-7-18(16-17)22-12-14-23(15-13-22)20(24)10-11-21-27(25,26)19-8-3-2-4-9-19/h2-9,16,21H,10-15H2,1H3. The van der Waals surface area contributed by atoms with Gasteiger partial charge in [0.15, 0.2) is 0 Å². The topological polar surface area (TPSA) is 69.7 Å². The Hall–Kier alpha value is -2.38. The van der Waals surface area contributed by atoms with E-state index in [0.717, 1.165) is 13.1 Å². The molecule has 0 spiro atoms. The Labute approximate surface area is 160 Å². The highest BCUT2D eigenvalue weighted by molar-refractivity contribution is 7.89. The number of hydrogen-bond donors (Lipinski definition) is 1. The highest BCUT2D eigenvalue weighted by Crippen LogP contribution is 2.18. The summed E-state index contributed by atoms with van der Waals surface area (Å²) in [4.78, 5) is 16.7. The van der Waals surface area contributed by atoms with Crippen LogP contribution < -0.4 is 9.62 Å². The van der Waals surface area contributed by atoms with E-state index >= 15 is 0 Å². The summed E-state index contributed by atoms with van der Waals surface area (Å²) in [5.41, 5.74) is 2.40. The summed E-state index contributed by atoms with van der Waals surface area (Å²) in [5, 5.41) is 0. The smallest absolute Gasteiger partial charge is 0.240 e. The number of benzene rings is 2. The van der Waals surface area contributed by atoms with E-state index in [2.05, 4.69) is 34.7 Å². The van der Waals surface area contributed by atoms with Crippen molar-refractivity contribution >= 4 is 21.6 Å². The maximum Gasteiger partial charge on any atom is 0.240 e. The number of nitrogens with zero attached hydrogens (tertiary/aromatic N) is 2. The van der Waals surface area contributed by atoms with Crippen LogP contribution in [0.1, 0.15) is 12.0 Å². The summed E-state index contributed by atoms with van der Waals surface area (Å²) in [6.07, 6.45) is 0.163. The van der Waals surface area contributed by atoms with E-state index in [4.69, 9.17) is 0 Å². The Bertz CT molecular complexity index is 876. The normalized spacial score (nSPS) is 15.0. The molecular weight excluding hydrogens is 362 g/mol. The monoisotopic (exact) mass is 387 g/mol. The van der Waals surface area contributed by atoms with E-state index in [1.54, 1.807) is 18.2 Å². The molecule has 0 aliphatic carbocycles. The first-order valence-corrected chi connectivity index (χ1v) is 10.6. The lowest BCUT2D eigenvalue weighted by molar-refractivity contribution is -0.131. The summed E-state index contributed by atoms with van der Waals surface area (Å²) >= 11 is 0. The van der Waals surface area contributed by atoms with Crippen molar-refractivity contribution in [1.29, 1.82) is 0 Å². The van der Waals surface area contributed by atoms with Gasteiger partial charge in [-0.15, -0.1) is 0 Å². The van der Waals surface area contributed by atoms with E-state index in [1.165, 1.54) is 23.4 Å². The first-order valence-electron chi connectivity index (χ1n) is 9.10. The molecule has 0 unspecified atom stereocenters. The number of anilines is 1. The predicted octanol–water partition coefficient (Wildman–Crippen LogP) is 2.01. The van der Waals surface area contributed by atoms with E-state index in [1.807, 2.05) is 11.0 Å². The van der Waals surface area contributed by atoms with Crippen LogP contribution >= 0.6 is 0 Å². The van der Waals surface area contributed by atoms with E-state index in [0.29, 0.717) is 13.1 Å². The second-order valence-corrected chi connectivity index (χ2v) is 8.43. The van der Waals surface area contributed by atoms with Gasteiger partial charge in [-0.1, -0.05) is 30.3 Å². The Morgan fingerprint density at radius 3 is 2.37 bits per heavy atom. The molecule has 27 heavy (non-hydrogen) atoms. The first kappa shape index (κ1) is 19.4. The summed E-state index contributed by atoms with van der Waals surface area (Å²) in [6, 6.07) is 16.5. The number of amides is 1. The fourth-order valence-corrected chi connectivity index (χ4v) is 4.23. The zero-order chi connectivity index (χ0) is 19.3. The van der Waals surface area contributed by atoms with Gasteiger partial charge in [-0.2, -0.15) is 0 Å². The van der Waals surface area contributed by atoms with Gasteiger partial charge in [-0.05, 0) is 36.8 Å². The molecule has 1 N–H and O–H groups in total. The molecular formula is C20H25N3O3S. The molecule has 1 fully saturated rings. The molecule has 7 heteroatoms. The molecule has 1 heterocycles. The SMILES string of the molecule is Cc1cccc(N2CCN(C(=O)CCNS(=O)(=O)c3ccccc3)CC2)c1. The number of carbonyl (C=O) groups is 1. The summed E-state index contributed by atoms with van der Waals surface area (Å²) < 4.78 is 26.8. The Kier molecular flexibility index (Phi) is 6.13. The van der Waals surface area contributed by atoms with Crippen molar-refractivity contribution in [2.75, 3.05) is 37.6 Å². The number of rotatable bonds is 6. The van der Waals surface area contributed by atoms with Crippen LogP contribution in [0.15, 0.2) is 59.5 Å². The maximum atomic E-state index is 12.4. The van der Waals surface area contributed by atoms with Gasteiger partial charge in [0.25, 0.3) is 0 Å². The van der Waals surface area contributed by atoms with Crippen LogP contribution in [0.5, 0.6) is 0 Å². The van der Waals surface area contributed by atoms with Gasteiger partial charge in [0.05, 0.1) is 4.90 Å². The van der Waals surface area contributed by atoms with E-state index in [-0.39, 0.29) is 23.8 Å². The third kappa shape index (κ3) is 5.08. The van der Waals surface area contributed by atoms with E-state index < -0.39 is 10.0 Å². The number of hydrogen-bond acceptors (Lipinski definition) is 4. The molecule has 0 radical (unpaired) electrons. The number of aryl methyl sites for hydroxylation is 1. The number of carbonyl (C=O) groups excluding carboxylic acids is 1. The van der Waals surface area contributed by atoms with Gasteiger partial charge in [-0.25, -0.2) is 13.1 Å². The summed E-state index contributed by atoms with van der Waals surface area (Å²) in [5.74, 6) is -0.0188. The molecule has 0 aromatic heterocycles. The molecule has 1 amide bonds. The molecule has 2 aromatic carbocycles. The fourth-order valence-electron chi connectivity index (χ4n) is 3.17. The van der Waals surface area contributed by atoms with Crippen LogP contribution in [0, 0.1) is 6.92 Å². The molecule has 2 aromatic rings. The van der Waals surface area contributed by atoms with Crippen LogP contribution in [-0.2, 0) is 14.8 Å². The average Bonchev–Trinajstić information content (AvgIpc) is 2.68. The number of nitrogens with one attached hydrogen (secondary N) is 1. The third-order valence-corrected chi connectivity index (χ3v) is 6.16. The lowest BCUT2D eigenvalue weighted by atomic mass is 10.2. The highest BCUT2D eigenvalue weighted by atomic mass is 32.2. The van der Waals surface area contributed by atoms with Crippen molar-refractivity contribution in [3.8, 4) is 0 Å². The largest absolute Gasteiger partial charge is 0.368 e. The second-order valence-electron chi connectivity index (χ2n) is 6.67. The number of piperazine rings is 1. The van der Waals surface area contributed by atoms with Gasteiger partial charge in [0, 0.05) is 44.8 Å². The van der Waals surface area contributed by atoms with Crippen LogP contribution in [0.25, 0.3) is 0 Å². The minimum Gasteiger partial charge on any atom is -0.368 e. The molecule has 1 saturated heterocycles. The second kappa shape index (κ2) is 8.54. The Morgan fingerprint density at radius 1 is 1.00 bits per heavy atom. The van der Waals surface area contributed by atoms with Crippen molar-refractivity contribution < 1.29 is 13.2 Å². The lowest BCUT2D eigenvalue weighted by Crippen LogP contribution is -2.49. The van der Waals surface area contributed by atoms with Gasteiger partial charge in [0.1, 0.15) is 0 Å². The molecule has 144 valence electrons. The molecule has 0 saturated carbocycles. The van der Waals surface area contributed by atoms with Crippen molar-refractivity contribution in [1.82, 2.24) is 9.62 Å². The lowest BCUT2D eigenvalue weighted by Gasteiger charge is -2.36. The van der Waals surface area contributed by atoms with Crippen LogP contribution in [0.4, 0.5) is 5.69 Å². The van der Waals surface area contributed by atoms with Crippen LogP contribution in [0.2, 0.25) is 0 Å². The zero-order valence-electron chi connectivity index (χ0n) is 15.5. The summed E-state index contributed by atoms with van der Waals surface area (Å²) in [6.45, 7) is 5.04.